The van der Waals surface area contributed by atoms with Crippen LogP contribution < -0.4 is 0 Å². The van der Waals surface area contributed by atoms with Gasteiger partial charge in [0.25, 0.3) is 0 Å². The van der Waals surface area contributed by atoms with Gasteiger partial charge in [-0.25, -0.2) is 0 Å². The summed E-state index contributed by atoms with van der Waals surface area (Å²) in [6.45, 7) is 17.1. The van der Waals surface area contributed by atoms with Gasteiger partial charge in [0.05, 0.1) is 11.4 Å². The van der Waals surface area contributed by atoms with E-state index in [0.717, 1.165) is 35.1 Å². The molecule has 4 nitrogen and oxygen atoms in total. The van der Waals surface area contributed by atoms with Gasteiger partial charge >= 0.3 is 0 Å². The summed E-state index contributed by atoms with van der Waals surface area (Å²) in [6, 6.07) is 15.8. The maximum absolute atomic E-state index is 10.8. The number of hydrogen-bond acceptors (Lipinski definition) is 4. The third-order valence-corrected chi connectivity index (χ3v) is 6.50. The molecule has 0 aliphatic rings. The Labute approximate surface area is 216 Å². The number of aliphatic imine (C=N–C) groups is 2. The van der Waals surface area contributed by atoms with E-state index in [1.54, 1.807) is 12.4 Å². The minimum Gasteiger partial charge on any atom is -0.507 e. The van der Waals surface area contributed by atoms with E-state index in [2.05, 4.69) is 53.7 Å². The molecule has 0 amide bonds. The number of benzene rings is 3. The number of rotatable bonds is 6. The highest BCUT2D eigenvalue weighted by Gasteiger charge is 2.19. The number of aromatic hydroxyl groups is 2. The average molecular weight is 485 g/mol. The Morgan fingerprint density at radius 2 is 1.00 bits per heavy atom. The topological polar surface area (TPSA) is 65.2 Å². The van der Waals surface area contributed by atoms with Crippen molar-refractivity contribution < 1.29 is 10.2 Å². The Morgan fingerprint density at radius 1 is 0.639 bits per heavy atom. The van der Waals surface area contributed by atoms with Crippen LogP contribution in [0.15, 0.2) is 58.5 Å². The van der Waals surface area contributed by atoms with E-state index in [-0.39, 0.29) is 22.3 Å². The predicted octanol–water partition coefficient (Wildman–Crippen LogP) is 8.32. The van der Waals surface area contributed by atoms with E-state index in [0.29, 0.717) is 22.5 Å². The first-order valence-corrected chi connectivity index (χ1v) is 12.7. The van der Waals surface area contributed by atoms with Crippen LogP contribution in [0.5, 0.6) is 11.5 Å². The van der Waals surface area contributed by atoms with Crippen LogP contribution in [0.2, 0.25) is 0 Å². The number of phenolic OH excluding ortho intramolecular Hbond substituents is 2. The van der Waals surface area contributed by atoms with Gasteiger partial charge in [-0.3, -0.25) is 9.98 Å². The lowest BCUT2D eigenvalue weighted by atomic mass is 9.84. The molecule has 4 heteroatoms. The maximum atomic E-state index is 10.8. The maximum Gasteiger partial charge on any atom is 0.127 e. The van der Waals surface area contributed by atoms with E-state index < -0.39 is 0 Å². The molecule has 0 saturated carbocycles. The molecule has 0 heterocycles. The quantitative estimate of drug-likeness (QED) is 0.345. The molecule has 0 spiro atoms. The first-order chi connectivity index (χ1) is 16.8. The Bertz CT molecular complexity index is 1190. The summed E-state index contributed by atoms with van der Waals surface area (Å²) in [7, 11) is 0. The zero-order valence-corrected chi connectivity index (χ0v) is 23.0. The summed E-state index contributed by atoms with van der Waals surface area (Å²) >= 11 is 0. The normalized spacial score (nSPS) is 12.7. The Morgan fingerprint density at radius 3 is 1.31 bits per heavy atom. The van der Waals surface area contributed by atoms with Crippen molar-refractivity contribution in [1.82, 2.24) is 0 Å². The minimum absolute atomic E-state index is 0.0383. The average Bonchev–Trinajstić information content (AvgIpc) is 2.81. The van der Waals surface area contributed by atoms with Crippen LogP contribution in [0.4, 0.5) is 11.4 Å². The Hall–Kier alpha value is -3.40. The van der Waals surface area contributed by atoms with Gasteiger partial charge in [0.1, 0.15) is 11.5 Å². The molecule has 0 fully saturated rings. The summed E-state index contributed by atoms with van der Waals surface area (Å²) < 4.78 is 0. The lowest BCUT2D eigenvalue weighted by Gasteiger charge is -2.21. The molecule has 0 aromatic heterocycles. The van der Waals surface area contributed by atoms with E-state index >= 15 is 0 Å². The van der Waals surface area contributed by atoms with Gasteiger partial charge in [0.2, 0.25) is 0 Å². The van der Waals surface area contributed by atoms with Crippen molar-refractivity contribution in [1.29, 1.82) is 0 Å². The molecule has 0 saturated heterocycles. The molecule has 0 unspecified atom stereocenters. The number of aryl methyl sites for hydroxylation is 2. The number of phenols is 2. The predicted molar refractivity (Wildman–Crippen MR) is 153 cm³/mol. The lowest BCUT2D eigenvalue weighted by molar-refractivity contribution is 0.466. The number of para-hydroxylation sites is 2. The molecule has 0 aliphatic heterocycles. The fraction of sp³-hybridized carbons (Fsp3) is 0.375. The van der Waals surface area contributed by atoms with Crippen molar-refractivity contribution >= 4 is 23.8 Å². The molecule has 0 atom stereocenters. The van der Waals surface area contributed by atoms with E-state index in [1.165, 1.54) is 0 Å². The second kappa shape index (κ2) is 10.7. The first kappa shape index (κ1) is 27.2. The molecular weight excluding hydrogens is 444 g/mol. The summed E-state index contributed by atoms with van der Waals surface area (Å²) in [6.07, 6.45) is 4.92. The van der Waals surface area contributed by atoms with Crippen molar-refractivity contribution in [2.24, 2.45) is 9.98 Å². The largest absolute Gasteiger partial charge is 0.507 e. The molecule has 3 aromatic rings. The summed E-state index contributed by atoms with van der Waals surface area (Å²) in [5.41, 5.74) is 6.84. The van der Waals surface area contributed by atoms with Crippen LogP contribution >= 0.6 is 0 Å². The molecule has 0 bridgehead atoms. The highest BCUT2D eigenvalue weighted by Crippen LogP contribution is 2.34. The molecule has 36 heavy (non-hydrogen) atoms. The second-order valence-electron chi connectivity index (χ2n) is 11.4. The third-order valence-electron chi connectivity index (χ3n) is 6.50. The van der Waals surface area contributed by atoms with Gasteiger partial charge in [-0.05, 0) is 70.2 Å². The molecule has 2 N–H and O–H groups in total. The van der Waals surface area contributed by atoms with Crippen molar-refractivity contribution in [2.75, 3.05) is 0 Å². The van der Waals surface area contributed by atoms with Crippen LogP contribution in [-0.2, 0) is 23.7 Å². The first-order valence-electron chi connectivity index (χ1n) is 12.7. The second-order valence-corrected chi connectivity index (χ2v) is 11.4. The van der Waals surface area contributed by atoms with Crippen LogP contribution in [0.3, 0.4) is 0 Å². The highest BCUT2D eigenvalue weighted by atomic mass is 16.3. The zero-order valence-electron chi connectivity index (χ0n) is 23.0. The minimum atomic E-state index is -0.0383. The standard InChI is InChI=1S/C32H40N2O2/c1-9-21-15-25(31(3,4)5)17-23(29(21)35)19-33-27-13-11-12-14-28(27)34-20-24-18-26(32(6,7)8)16-22(10-2)30(24)36/h11-20,35-36H,9-10H2,1-8H3. The molecular formula is C32H40N2O2. The number of nitrogens with zero attached hydrogens (tertiary/aromatic N) is 2. The summed E-state index contributed by atoms with van der Waals surface area (Å²) in [5.74, 6) is 0.539. The van der Waals surface area contributed by atoms with Crippen molar-refractivity contribution in [3.8, 4) is 11.5 Å². The van der Waals surface area contributed by atoms with Crippen molar-refractivity contribution in [3.05, 3.63) is 81.9 Å². The molecule has 3 aromatic carbocycles. The third kappa shape index (κ3) is 6.23. The van der Waals surface area contributed by atoms with E-state index in [1.807, 2.05) is 50.2 Å². The van der Waals surface area contributed by atoms with Crippen LogP contribution in [0.25, 0.3) is 0 Å². The van der Waals surface area contributed by atoms with E-state index in [9.17, 15) is 10.2 Å². The van der Waals surface area contributed by atoms with Crippen LogP contribution in [0.1, 0.15) is 88.8 Å². The van der Waals surface area contributed by atoms with Gasteiger partial charge in [-0.1, -0.05) is 79.7 Å². The van der Waals surface area contributed by atoms with Gasteiger partial charge in [0, 0.05) is 23.6 Å². The highest BCUT2D eigenvalue weighted by molar-refractivity contribution is 5.90. The smallest absolute Gasteiger partial charge is 0.127 e. The van der Waals surface area contributed by atoms with Gasteiger partial charge in [0.15, 0.2) is 0 Å². The van der Waals surface area contributed by atoms with Crippen molar-refractivity contribution in [2.45, 2.75) is 79.1 Å². The molecule has 3 rings (SSSR count). The van der Waals surface area contributed by atoms with Gasteiger partial charge in [-0.2, -0.15) is 0 Å². The fourth-order valence-corrected chi connectivity index (χ4v) is 4.00. The number of hydrogen-bond donors (Lipinski definition) is 2. The van der Waals surface area contributed by atoms with Gasteiger partial charge < -0.3 is 10.2 Å². The summed E-state index contributed by atoms with van der Waals surface area (Å²) in [5, 5.41) is 21.6. The SMILES string of the molecule is CCc1cc(C(C)(C)C)cc(C=Nc2ccccc2N=Cc2cc(C(C)(C)C)cc(CC)c2O)c1O. The summed E-state index contributed by atoms with van der Waals surface area (Å²) in [4.78, 5) is 9.40. The van der Waals surface area contributed by atoms with E-state index in [4.69, 9.17) is 9.98 Å². The molecule has 0 radical (unpaired) electrons. The zero-order chi connectivity index (χ0) is 26.7. The van der Waals surface area contributed by atoms with Crippen molar-refractivity contribution in [3.63, 3.8) is 0 Å². The lowest BCUT2D eigenvalue weighted by Crippen LogP contribution is -2.12. The monoisotopic (exact) mass is 484 g/mol. The Balaban J connectivity index is 2.02. The van der Waals surface area contributed by atoms with Gasteiger partial charge in [-0.15, -0.1) is 0 Å². The Kier molecular flexibility index (Phi) is 8.08. The molecule has 190 valence electrons. The van der Waals surface area contributed by atoms with Crippen LogP contribution in [-0.4, -0.2) is 22.6 Å². The fourth-order valence-electron chi connectivity index (χ4n) is 4.00. The molecule has 0 aliphatic carbocycles. The van der Waals surface area contributed by atoms with Crippen LogP contribution in [0, 0.1) is 0 Å².